The fourth-order valence-electron chi connectivity index (χ4n) is 2.22. The standard InChI is InChI=1S/C14H19ClN4O2/c1-3-4-5-6-7-16-14(21)19-13(20)11-9(2)8-10(15)17-12(11)18-19/h8H,3-7H2,1-2H3,(H,16,21)(H,17,18). The Labute approximate surface area is 127 Å². The molecule has 0 aliphatic rings. The van der Waals surface area contributed by atoms with Crippen LogP contribution in [0.1, 0.15) is 38.2 Å². The maximum absolute atomic E-state index is 12.2. The smallest absolute Gasteiger partial charge is 0.336 e. The first kappa shape index (κ1) is 15.6. The number of hydrogen-bond acceptors (Lipinski definition) is 3. The highest BCUT2D eigenvalue weighted by Gasteiger charge is 2.15. The fraction of sp³-hybridized carbons (Fsp3) is 0.500. The van der Waals surface area contributed by atoms with Gasteiger partial charge in [-0.05, 0) is 25.0 Å². The highest BCUT2D eigenvalue weighted by Crippen LogP contribution is 2.15. The van der Waals surface area contributed by atoms with Gasteiger partial charge in [-0.25, -0.2) is 9.78 Å². The number of halogens is 1. The number of rotatable bonds is 5. The van der Waals surface area contributed by atoms with Gasteiger partial charge in [0, 0.05) is 6.54 Å². The maximum atomic E-state index is 12.2. The summed E-state index contributed by atoms with van der Waals surface area (Å²) < 4.78 is 0.945. The number of fused-ring (bicyclic) bond motifs is 1. The van der Waals surface area contributed by atoms with Gasteiger partial charge in [0.15, 0.2) is 5.65 Å². The number of hydrogen-bond donors (Lipinski definition) is 2. The van der Waals surface area contributed by atoms with Crippen LogP contribution in [-0.2, 0) is 0 Å². The number of carbonyl (C=O) groups is 1. The van der Waals surface area contributed by atoms with Crippen LogP contribution in [0, 0.1) is 6.92 Å². The lowest BCUT2D eigenvalue weighted by Crippen LogP contribution is -2.35. The Bertz CT molecular complexity index is 705. The third-order valence-corrected chi connectivity index (χ3v) is 3.52. The summed E-state index contributed by atoms with van der Waals surface area (Å²) in [7, 11) is 0. The largest absolute Gasteiger partial charge is 0.343 e. The molecule has 2 N–H and O–H groups in total. The van der Waals surface area contributed by atoms with E-state index in [9.17, 15) is 9.59 Å². The topological polar surface area (TPSA) is 79.8 Å². The highest BCUT2D eigenvalue weighted by molar-refractivity contribution is 6.29. The Hall–Kier alpha value is -1.82. The van der Waals surface area contributed by atoms with E-state index < -0.39 is 11.6 Å². The number of nitrogens with zero attached hydrogens (tertiary/aromatic N) is 2. The number of aromatic amines is 1. The molecule has 0 fully saturated rings. The third-order valence-electron chi connectivity index (χ3n) is 3.33. The monoisotopic (exact) mass is 310 g/mol. The van der Waals surface area contributed by atoms with Gasteiger partial charge in [-0.2, -0.15) is 4.68 Å². The van der Waals surface area contributed by atoms with Crippen LogP contribution >= 0.6 is 11.6 Å². The Morgan fingerprint density at radius 2 is 2.19 bits per heavy atom. The van der Waals surface area contributed by atoms with Crippen LogP contribution < -0.4 is 10.9 Å². The summed E-state index contributed by atoms with van der Waals surface area (Å²) in [6.07, 6.45) is 4.25. The van der Waals surface area contributed by atoms with Gasteiger partial charge in [-0.15, -0.1) is 0 Å². The summed E-state index contributed by atoms with van der Waals surface area (Å²) in [4.78, 5) is 28.3. The van der Waals surface area contributed by atoms with E-state index in [1.165, 1.54) is 0 Å². The molecule has 21 heavy (non-hydrogen) atoms. The van der Waals surface area contributed by atoms with Crippen molar-refractivity contribution >= 4 is 28.7 Å². The Morgan fingerprint density at radius 1 is 1.43 bits per heavy atom. The quantitative estimate of drug-likeness (QED) is 0.658. The van der Waals surface area contributed by atoms with Gasteiger partial charge >= 0.3 is 6.03 Å². The van der Waals surface area contributed by atoms with Crippen molar-refractivity contribution in [3.63, 3.8) is 0 Å². The van der Waals surface area contributed by atoms with Gasteiger partial charge in [0.1, 0.15) is 5.15 Å². The van der Waals surface area contributed by atoms with Crippen molar-refractivity contribution in [3.8, 4) is 0 Å². The average Bonchev–Trinajstić information content (AvgIpc) is 2.75. The van der Waals surface area contributed by atoms with Crippen LogP contribution in [0.3, 0.4) is 0 Å². The molecule has 0 spiro atoms. The lowest BCUT2D eigenvalue weighted by molar-refractivity contribution is 0.239. The van der Waals surface area contributed by atoms with E-state index in [0.717, 1.165) is 30.4 Å². The zero-order valence-electron chi connectivity index (χ0n) is 12.2. The van der Waals surface area contributed by atoms with Gasteiger partial charge in [0.05, 0.1) is 5.39 Å². The number of carbonyl (C=O) groups excluding carboxylic acids is 1. The molecule has 2 rings (SSSR count). The van der Waals surface area contributed by atoms with Gasteiger partial charge in [0.25, 0.3) is 5.56 Å². The molecular weight excluding hydrogens is 292 g/mol. The average molecular weight is 311 g/mol. The number of aryl methyl sites for hydroxylation is 1. The molecule has 2 heterocycles. The summed E-state index contributed by atoms with van der Waals surface area (Å²) in [6, 6.07) is 1.14. The summed E-state index contributed by atoms with van der Waals surface area (Å²) in [5, 5.41) is 6.09. The highest BCUT2D eigenvalue weighted by atomic mass is 35.5. The van der Waals surface area contributed by atoms with Crippen molar-refractivity contribution in [3.05, 3.63) is 27.1 Å². The zero-order chi connectivity index (χ0) is 15.4. The Morgan fingerprint density at radius 3 is 2.90 bits per heavy atom. The van der Waals surface area contributed by atoms with E-state index in [0.29, 0.717) is 23.1 Å². The molecule has 0 bridgehead atoms. The molecule has 2 aromatic heterocycles. The van der Waals surface area contributed by atoms with Gasteiger partial charge in [-0.3, -0.25) is 9.89 Å². The number of amides is 1. The minimum Gasteiger partial charge on any atom is -0.336 e. The molecule has 0 aliphatic heterocycles. The van der Waals surface area contributed by atoms with Crippen LogP contribution in [0.2, 0.25) is 5.15 Å². The number of aromatic nitrogens is 3. The third kappa shape index (κ3) is 3.44. The van der Waals surface area contributed by atoms with Crippen molar-refractivity contribution in [2.75, 3.05) is 6.54 Å². The molecule has 0 aliphatic carbocycles. The first-order valence-corrected chi connectivity index (χ1v) is 7.48. The summed E-state index contributed by atoms with van der Waals surface area (Å²) in [5.41, 5.74) is 0.615. The summed E-state index contributed by atoms with van der Waals surface area (Å²) in [5.74, 6) is 0. The summed E-state index contributed by atoms with van der Waals surface area (Å²) >= 11 is 5.85. The lowest BCUT2D eigenvalue weighted by atomic mass is 10.2. The molecule has 0 unspecified atom stereocenters. The molecule has 0 radical (unpaired) electrons. The van der Waals surface area contributed by atoms with Crippen molar-refractivity contribution in [1.82, 2.24) is 20.1 Å². The number of H-pyrrole nitrogens is 1. The van der Waals surface area contributed by atoms with Gasteiger partial charge < -0.3 is 5.32 Å². The molecule has 0 atom stereocenters. The fourth-order valence-corrected chi connectivity index (χ4v) is 2.47. The van der Waals surface area contributed by atoms with Crippen molar-refractivity contribution in [2.45, 2.75) is 39.5 Å². The molecule has 1 amide bonds. The van der Waals surface area contributed by atoms with Gasteiger partial charge in [-0.1, -0.05) is 37.8 Å². The van der Waals surface area contributed by atoms with E-state index in [2.05, 4.69) is 22.3 Å². The first-order chi connectivity index (χ1) is 10.0. The van der Waals surface area contributed by atoms with E-state index in [1.807, 2.05) is 0 Å². The van der Waals surface area contributed by atoms with E-state index in [-0.39, 0.29) is 5.15 Å². The molecule has 7 heteroatoms. The van der Waals surface area contributed by atoms with Crippen LogP contribution in [0.25, 0.3) is 11.0 Å². The van der Waals surface area contributed by atoms with E-state index >= 15 is 0 Å². The molecule has 6 nitrogen and oxygen atoms in total. The molecule has 2 aromatic rings. The van der Waals surface area contributed by atoms with Crippen LogP contribution in [0.15, 0.2) is 10.9 Å². The molecular formula is C14H19ClN4O2. The molecule has 0 saturated carbocycles. The lowest BCUT2D eigenvalue weighted by Gasteiger charge is -2.04. The predicted octanol–water partition coefficient (Wildman–Crippen LogP) is 2.82. The number of pyridine rings is 1. The second-order valence-corrected chi connectivity index (χ2v) is 5.42. The van der Waals surface area contributed by atoms with Crippen LogP contribution in [0.4, 0.5) is 4.79 Å². The number of unbranched alkanes of at least 4 members (excludes halogenated alkanes) is 3. The zero-order valence-corrected chi connectivity index (χ0v) is 13.0. The second kappa shape index (κ2) is 6.76. The summed E-state index contributed by atoms with van der Waals surface area (Å²) in [6.45, 7) is 4.44. The second-order valence-electron chi connectivity index (χ2n) is 5.03. The van der Waals surface area contributed by atoms with Crippen molar-refractivity contribution in [2.24, 2.45) is 0 Å². The predicted molar refractivity (Wildman–Crippen MR) is 83.0 cm³/mol. The minimum atomic E-state index is -0.468. The maximum Gasteiger partial charge on any atom is 0.343 e. The molecule has 0 aromatic carbocycles. The van der Waals surface area contributed by atoms with Crippen LogP contribution in [-0.4, -0.2) is 27.3 Å². The number of nitrogens with one attached hydrogen (secondary N) is 2. The molecule has 114 valence electrons. The van der Waals surface area contributed by atoms with Crippen molar-refractivity contribution in [1.29, 1.82) is 0 Å². The van der Waals surface area contributed by atoms with Crippen molar-refractivity contribution < 1.29 is 4.79 Å². The SMILES string of the molecule is CCCCCCNC(=O)n1[nH]c2nc(Cl)cc(C)c2c1=O. The normalized spacial score (nSPS) is 11.0. The Kier molecular flexibility index (Phi) is 5.01. The first-order valence-electron chi connectivity index (χ1n) is 7.10. The van der Waals surface area contributed by atoms with E-state index in [1.54, 1.807) is 13.0 Å². The van der Waals surface area contributed by atoms with Gasteiger partial charge in [0.2, 0.25) is 0 Å². The van der Waals surface area contributed by atoms with Crippen LogP contribution in [0.5, 0.6) is 0 Å². The minimum absolute atomic E-state index is 0.286. The van der Waals surface area contributed by atoms with E-state index in [4.69, 9.17) is 11.6 Å². The Balaban J connectivity index is 2.15. The molecule has 0 saturated heterocycles.